The smallest absolute Gasteiger partial charge is 0.257 e. The van der Waals surface area contributed by atoms with Crippen LogP contribution < -0.4 is 10.6 Å². The molecule has 0 atom stereocenters. The number of aryl methyl sites for hydroxylation is 1. The molecule has 0 aliphatic carbocycles. The van der Waals surface area contributed by atoms with E-state index in [2.05, 4.69) is 26.6 Å². The number of benzene rings is 2. The van der Waals surface area contributed by atoms with Crippen molar-refractivity contribution in [2.24, 2.45) is 0 Å². The summed E-state index contributed by atoms with van der Waals surface area (Å²) >= 11 is 15.5. The zero-order valence-electron chi connectivity index (χ0n) is 11.4. The van der Waals surface area contributed by atoms with Gasteiger partial charge >= 0.3 is 0 Å². The lowest BCUT2D eigenvalue weighted by atomic mass is 10.1. The highest BCUT2D eigenvalue weighted by molar-refractivity contribution is 9.10. The van der Waals surface area contributed by atoms with Crippen molar-refractivity contribution in [1.29, 1.82) is 0 Å². The van der Waals surface area contributed by atoms with Crippen molar-refractivity contribution in [3.63, 3.8) is 0 Å². The fourth-order valence-corrected chi connectivity index (χ4v) is 2.75. The molecule has 2 rings (SSSR count). The van der Waals surface area contributed by atoms with Crippen LogP contribution in [0.5, 0.6) is 0 Å². The molecule has 0 bridgehead atoms. The number of hydrogen-bond acceptors (Lipinski definition) is 2. The third-order valence-electron chi connectivity index (χ3n) is 2.99. The Balaban J connectivity index is 2.34. The van der Waals surface area contributed by atoms with Gasteiger partial charge in [0.2, 0.25) is 0 Å². The van der Waals surface area contributed by atoms with Gasteiger partial charge in [-0.25, -0.2) is 0 Å². The fourth-order valence-electron chi connectivity index (χ4n) is 1.85. The van der Waals surface area contributed by atoms with Gasteiger partial charge in [0.05, 0.1) is 11.3 Å². The zero-order valence-corrected chi connectivity index (χ0v) is 14.5. The first-order valence-electron chi connectivity index (χ1n) is 6.16. The number of amides is 1. The van der Waals surface area contributed by atoms with Gasteiger partial charge < -0.3 is 10.6 Å². The maximum atomic E-state index is 12.4. The molecule has 0 saturated carbocycles. The topological polar surface area (TPSA) is 41.1 Å². The SMILES string of the molecule is CNc1ccc(Cl)cc1C(=O)Nc1cc(Cl)c(C)cc1Br. The van der Waals surface area contributed by atoms with E-state index in [0.29, 0.717) is 27.0 Å². The number of halogens is 3. The van der Waals surface area contributed by atoms with E-state index in [1.54, 1.807) is 31.3 Å². The normalized spacial score (nSPS) is 10.3. The predicted octanol–water partition coefficient (Wildman–Crippen LogP) is 5.36. The van der Waals surface area contributed by atoms with E-state index < -0.39 is 0 Å². The van der Waals surface area contributed by atoms with Gasteiger partial charge in [0.25, 0.3) is 5.91 Å². The fraction of sp³-hybridized carbons (Fsp3) is 0.133. The number of rotatable bonds is 3. The summed E-state index contributed by atoms with van der Waals surface area (Å²) in [6.07, 6.45) is 0. The first kappa shape index (κ1) is 16.1. The van der Waals surface area contributed by atoms with Crippen LogP contribution in [-0.2, 0) is 0 Å². The van der Waals surface area contributed by atoms with Gasteiger partial charge in [-0.1, -0.05) is 23.2 Å². The van der Waals surface area contributed by atoms with E-state index in [4.69, 9.17) is 23.2 Å². The van der Waals surface area contributed by atoms with Gasteiger partial charge in [-0.15, -0.1) is 0 Å². The Bertz CT molecular complexity index is 704. The lowest BCUT2D eigenvalue weighted by Crippen LogP contribution is -2.14. The Kier molecular flexibility index (Phi) is 5.14. The molecule has 0 fully saturated rings. The van der Waals surface area contributed by atoms with Gasteiger partial charge in [0, 0.05) is 27.3 Å². The van der Waals surface area contributed by atoms with Gasteiger partial charge in [0.1, 0.15) is 0 Å². The Labute approximate surface area is 141 Å². The Hall–Kier alpha value is -1.23. The maximum absolute atomic E-state index is 12.4. The molecule has 0 spiro atoms. The zero-order chi connectivity index (χ0) is 15.6. The Morgan fingerprint density at radius 2 is 1.86 bits per heavy atom. The molecule has 0 aromatic heterocycles. The van der Waals surface area contributed by atoms with Crippen LogP contribution in [0.25, 0.3) is 0 Å². The summed E-state index contributed by atoms with van der Waals surface area (Å²) in [5.41, 5.74) is 2.71. The van der Waals surface area contributed by atoms with Crippen LogP contribution in [0.3, 0.4) is 0 Å². The predicted molar refractivity (Wildman–Crippen MR) is 92.8 cm³/mol. The van der Waals surface area contributed by atoms with Crippen molar-refractivity contribution in [1.82, 2.24) is 0 Å². The van der Waals surface area contributed by atoms with E-state index in [1.165, 1.54) is 0 Å². The minimum Gasteiger partial charge on any atom is -0.387 e. The molecule has 0 heterocycles. The van der Waals surface area contributed by atoms with Crippen LogP contribution in [0.1, 0.15) is 15.9 Å². The van der Waals surface area contributed by atoms with Crippen LogP contribution in [0, 0.1) is 6.92 Å². The first-order chi connectivity index (χ1) is 9.92. The summed E-state index contributed by atoms with van der Waals surface area (Å²) in [7, 11) is 1.75. The van der Waals surface area contributed by atoms with Gasteiger partial charge in [-0.05, 0) is 58.7 Å². The molecule has 2 aromatic carbocycles. The second-order valence-electron chi connectivity index (χ2n) is 4.48. The molecule has 0 unspecified atom stereocenters. The van der Waals surface area contributed by atoms with Crippen molar-refractivity contribution in [3.8, 4) is 0 Å². The molecule has 3 nitrogen and oxygen atoms in total. The molecule has 21 heavy (non-hydrogen) atoms. The van der Waals surface area contributed by atoms with E-state index in [-0.39, 0.29) is 5.91 Å². The highest BCUT2D eigenvalue weighted by Gasteiger charge is 2.14. The molecule has 6 heteroatoms. The van der Waals surface area contributed by atoms with Gasteiger partial charge in [0.15, 0.2) is 0 Å². The first-order valence-corrected chi connectivity index (χ1v) is 7.71. The number of anilines is 2. The molecule has 2 N–H and O–H groups in total. The Morgan fingerprint density at radius 1 is 1.14 bits per heavy atom. The molecular weight excluding hydrogens is 375 g/mol. The highest BCUT2D eigenvalue weighted by Crippen LogP contribution is 2.30. The summed E-state index contributed by atoms with van der Waals surface area (Å²) in [5, 5.41) is 6.89. The highest BCUT2D eigenvalue weighted by atomic mass is 79.9. The molecular formula is C15H13BrCl2N2O. The molecule has 0 aliphatic rings. The summed E-state index contributed by atoms with van der Waals surface area (Å²) in [6.45, 7) is 1.90. The van der Waals surface area contributed by atoms with Crippen molar-refractivity contribution < 1.29 is 4.79 Å². The summed E-state index contributed by atoms with van der Waals surface area (Å²) in [4.78, 5) is 12.4. The monoisotopic (exact) mass is 386 g/mol. The van der Waals surface area contributed by atoms with Crippen molar-refractivity contribution >= 4 is 56.4 Å². The lowest BCUT2D eigenvalue weighted by molar-refractivity contribution is 0.102. The molecule has 1 amide bonds. The number of hydrogen-bond donors (Lipinski definition) is 2. The number of carbonyl (C=O) groups excluding carboxylic acids is 1. The molecule has 0 saturated heterocycles. The standard InChI is InChI=1S/C15H13BrCl2N2O/c1-8-5-11(16)14(7-12(8)18)20-15(21)10-6-9(17)3-4-13(10)19-2/h3-7,19H,1-2H3,(H,20,21). The van der Waals surface area contributed by atoms with Gasteiger partial charge in [-0.3, -0.25) is 4.79 Å². The van der Waals surface area contributed by atoms with Crippen LogP contribution in [0.15, 0.2) is 34.8 Å². The van der Waals surface area contributed by atoms with Crippen LogP contribution >= 0.6 is 39.1 Å². The van der Waals surface area contributed by atoms with E-state index in [9.17, 15) is 4.79 Å². The second-order valence-corrected chi connectivity index (χ2v) is 6.17. The van der Waals surface area contributed by atoms with Crippen LogP contribution in [0.4, 0.5) is 11.4 Å². The third-order valence-corrected chi connectivity index (χ3v) is 4.29. The number of carbonyl (C=O) groups is 1. The van der Waals surface area contributed by atoms with E-state index in [1.807, 2.05) is 13.0 Å². The molecule has 0 radical (unpaired) electrons. The molecule has 0 aliphatic heterocycles. The lowest BCUT2D eigenvalue weighted by Gasteiger charge is -2.12. The summed E-state index contributed by atoms with van der Waals surface area (Å²) in [6, 6.07) is 8.67. The summed E-state index contributed by atoms with van der Waals surface area (Å²) < 4.78 is 0.769. The quantitative estimate of drug-likeness (QED) is 0.744. The van der Waals surface area contributed by atoms with Crippen molar-refractivity contribution in [2.45, 2.75) is 6.92 Å². The second kappa shape index (κ2) is 6.69. The largest absolute Gasteiger partial charge is 0.387 e. The van der Waals surface area contributed by atoms with Gasteiger partial charge in [-0.2, -0.15) is 0 Å². The van der Waals surface area contributed by atoms with Crippen LogP contribution in [0.2, 0.25) is 10.0 Å². The molecule has 2 aromatic rings. The van der Waals surface area contributed by atoms with Crippen molar-refractivity contribution in [3.05, 3.63) is 56.0 Å². The maximum Gasteiger partial charge on any atom is 0.257 e. The summed E-state index contributed by atoms with van der Waals surface area (Å²) in [5.74, 6) is -0.262. The minimum absolute atomic E-state index is 0.262. The number of nitrogens with one attached hydrogen (secondary N) is 2. The van der Waals surface area contributed by atoms with E-state index >= 15 is 0 Å². The average molecular weight is 388 g/mol. The van der Waals surface area contributed by atoms with E-state index in [0.717, 1.165) is 10.0 Å². The third kappa shape index (κ3) is 3.70. The minimum atomic E-state index is -0.262. The molecule has 110 valence electrons. The van der Waals surface area contributed by atoms with Crippen LogP contribution in [-0.4, -0.2) is 13.0 Å². The van der Waals surface area contributed by atoms with Crippen molar-refractivity contribution in [2.75, 3.05) is 17.7 Å². The average Bonchev–Trinajstić information content (AvgIpc) is 2.44. The Morgan fingerprint density at radius 3 is 2.52 bits per heavy atom.